The standard InChI is InChI=1S/C20H20F3N5O2/c1-4-14-10-18(30)27(19(24-14)28-13(3)9-12(2)26-28)11-17(29)25-16-8-6-5-7-15(16)20(21,22)23/h5-10H,4,11H2,1-3H3,(H,25,29). The molecule has 1 aromatic carbocycles. The minimum Gasteiger partial charge on any atom is -0.324 e. The number of nitrogens with one attached hydrogen (secondary N) is 1. The lowest BCUT2D eigenvalue weighted by Crippen LogP contribution is -2.32. The van der Waals surface area contributed by atoms with Gasteiger partial charge in [0.25, 0.3) is 5.56 Å². The normalized spacial score (nSPS) is 11.5. The highest BCUT2D eigenvalue weighted by atomic mass is 19.4. The second kappa shape index (κ2) is 8.13. The number of para-hydroxylation sites is 1. The monoisotopic (exact) mass is 419 g/mol. The maximum absolute atomic E-state index is 13.2. The van der Waals surface area contributed by atoms with E-state index in [-0.39, 0.29) is 11.6 Å². The average molecular weight is 419 g/mol. The molecule has 0 saturated heterocycles. The molecule has 2 heterocycles. The first-order valence-corrected chi connectivity index (χ1v) is 9.20. The fourth-order valence-corrected chi connectivity index (χ4v) is 3.04. The zero-order valence-electron chi connectivity index (χ0n) is 16.6. The first-order chi connectivity index (χ1) is 14.1. The zero-order valence-corrected chi connectivity index (χ0v) is 16.6. The maximum atomic E-state index is 13.2. The van der Waals surface area contributed by atoms with Crippen LogP contribution in [0.25, 0.3) is 5.95 Å². The molecule has 0 radical (unpaired) electrons. The Morgan fingerprint density at radius 3 is 2.47 bits per heavy atom. The van der Waals surface area contributed by atoms with E-state index in [1.165, 1.54) is 22.9 Å². The van der Waals surface area contributed by atoms with Crippen LogP contribution < -0.4 is 10.9 Å². The van der Waals surface area contributed by atoms with Crippen molar-refractivity contribution in [2.75, 3.05) is 5.32 Å². The van der Waals surface area contributed by atoms with Gasteiger partial charge in [0.2, 0.25) is 11.9 Å². The molecule has 0 aliphatic carbocycles. The maximum Gasteiger partial charge on any atom is 0.418 e. The van der Waals surface area contributed by atoms with E-state index in [1.54, 1.807) is 19.9 Å². The number of aromatic nitrogens is 4. The van der Waals surface area contributed by atoms with Gasteiger partial charge in [-0.3, -0.25) is 14.2 Å². The summed E-state index contributed by atoms with van der Waals surface area (Å²) in [4.78, 5) is 29.6. The molecule has 0 bridgehead atoms. The van der Waals surface area contributed by atoms with Gasteiger partial charge < -0.3 is 5.32 Å². The van der Waals surface area contributed by atoms with Gasteiger partial charge in [0.15, 0.2) is 0 Å². The number of hydrogen-bond donors (Lipinski definition) is 1. The number of carbonyl (C=O) groups is 1. The molecule has 0 spiro atoms. The van der Waals surface area contributed by atoms with Crippen LogP contribution in [0.5, 0.6) is 0 Å². The smallest absolute Gasteiger partial charge is 0.324 e. The van der Waals surface area contributed by atoms with Crippen LogP contribution in [0, 0.1) is 13.8 Å². The molecule has 0 saturated carbocycles. The summed E-state index contributed by atoms with van der Waals surface area (Å²) in [6, 6.07) is 7.73. The van der Waals surface area contributed by atoms with Crippen molar-refractivity contribution in [3.63, 3.8) is 0 Å². The Morgan fingerprint density at radius 1 is 1.17 bits per heavy atom. The van der Waals surface area contributed by atoms with Crippen LogP contribution in [-0.4, -0.2) is 25.2 Å². The summed E-state index contributed by atoms with van der Waals surface area (Å²) in [7, 11) is 0. The van der Waals surface area contributed by atoms with Crippen molar-refractivity contribution in [2.45, 2.75) is 39.9 Å². The molecular formula is C20H20F3N5O2. The van der Waals surface area contributed by atoms with E-state index in [0.29, 0.717) is 23.5 Å². The second-order valence-corrected chi connectivity index (χ2v) is 6.76. The lowest BCUT2D eigenvalue weighted by atomic mass is 10.1. The van der Waals surface area contributed by atoms with Crippen molar-refractivity contribution in [1.29, 1.82) is 0 Å². The highest BCUT2D eigenvalue weighted by molar-refractivity contribution is 5.91. The topological polar surface area (TPSA) is 81.8 Å². The molecule has 30 heavy (non-hydrogen) atoms. The quantitative estimate of drug-likeness (QED) is 0.688. The fourth-order valence-electron chi connectivity index (χ4n) is 3.04. The molecule has 3 rings (SSSR count). The number of alkyl halides is 3. The van der Waals surface area contributed by atoms with Gasteiger partial charge in [-0.15, -0.1) is 0 Å². The summed E-state index contributed by atoms with van der Waals surface area (Å²) in [6.45, 7) is 4.86. The number of carbonyl (C=O) groups excluding carboxylic acids is 1. The van der Waals surface area contributed by atoms with E-state index in [1.807, 2.05) is 6.92 Å². The Balaban J connectivity index is 1.99. The van der Waals surface area contributed by atoms with E-state index >= 15 is 0 Å². The zero-order chi connectivity index (χ0) is 22.1. The van der Waals surface area contributed by atoms with Crippen LogP contribution in [0.15, 0.2) is 41.2 Å². The molecular weight excluding hydrogens is 399 g/mol. The number of anilines is 1. The minimum atomic E-state index is -4.63. The fraction of sp³-hybridized carbons (Fsp3) is 0.300. The second-order valence-electron chi connectivity index (χ2n) is 6.76. The molecule has 0 unspecified atom stereocenters. The van der Waals surface area contributed by atoms with Crippen LogP contribution in [0.1, 0.15) is 29.6 Å². The number of amides is 1. The van der Waals surface area contributed by atoms with E-state index in [9.17, 15) is 22.8 Å². The number of aryl methyl sites for hydroxylation is 3. The van der Waals surface area contributed by atoms with E-state index in [0.717, 1.165) is 16.7 Å². The SMILES string of the molecule is CCc1cc(=O)n(CC(=O)Nc2ccccc2C(F)(F)F)c(-n2nc(C)cc2C)n1. The van der Waals surface area contributed by atoms with Gasteiger partial charge in [0.1, 0.15) is 6.54 Å². The lowest BCUT2D eigenvalue weighted by molar-refractivity contribution is -0.137. The Bertz CT molecular complexity index is 1150. The number of benzene rings is 1. The summed E-state index contributed by atoms with van der Waals surface area (Å²) in [5.41, 5.74) is 0.0612. The van der Waals surface area contributed by atoms with Crippen LogP contribution in [0.2, 0.25) is 0 Å². The van der Waals surface area contributed by atoms with Crippen LogP contribution >= 0.6 is 0 Å². The Labute approximate surface area is 170 Å². The number of rotatable bonds is 5. The van der Waals surface area contributed by atoms with Gasteiger partial charge in [-0.2, -0.15) is 18.3 Å². The third kappa shape index (κ3) is 4.42. The first-order valence-electron chi connectivity index (χ1n) is 9.20. The average Bonchev–Trinajstić information content (AvgIpc) is 3.00. The molecule has 2 aromatic heterocycles. The predicted octanol–water partition coefficient (Wildman–Crippen LogP) is 3.27. The molecule has 1 amide bonds. The number of nitrogens with zero attached hydrogens (tertiary/aromatic N) is 4. The summed E-state index contributed by atoms with van der Waals surface area (Å²) in [5, 5.41) is 6.55. The number of hydrogen-bond acceptors (Lipinski definition) is 4. The minimum absolute atomic E-state index is 0.129. The van der Waals surface area contributed by atoms with Crippen molar-refractivity contribution < 1.29 is 18.0 Å². The van der Waals surface area contributed by atoms with Crippen LogP contribution in [-0.2, 0) is 23.9 Å². The summed E-state index contributed by atoms with van der Waals surface area (Å²) in [6.07, 6.45) is -4.13. The van der Waals surface area contributed by atoms with Crippen molar-refractivity contribution >= 4 is 11.6 Å². The molecule has 10 heteroatoms. The highest BCUT2D eigenvalue weighted by Crippen LogP contribution is 2.34. The van der Waals surface area contributed by atoms with E-state index < -0.39 is 29.8 Å². The van der Waals surface area contributed by atoms with Crippen molar-refractivity contribution in [3.05, 3.63) is 69.4 Å². The summed E-state index contributed by atoms with van der Waals surface area (Å²) in [5.74, 6) is -0.660. The van der Waals surface area contributed by atoms with Crippen molar-refractivity contribution in [1.82, 2.24) is 19.3 Å². The highest BCUT2D eigenvalue weighted by Gasteiger charge is 2.33. The summed E-state index contributed by atoms with van der Waals surface area (Å²) >= 11 is 0. The van der Waals surface area contributed by atoms with Gasteiger partial charge in [0, 0.05) is 17.5 Å². The van der Waals surface area contributed by atoms with Gasteiger partial charge in [0.05, 0.1) is 16.9 Å². The van der Waals surface area contributed by atoms with Gasteiger partial charge in [-0.1, -0.05) is 19.1 Å². The molecule has 0 atom stereocenters. The predicted molar refractivity (Wildman–Crippen MR) is 105 cm³/mol. The molecule has 0 aliphatic rings. The van der Waals surface area contributed by atoms with Crippen LogP contribution in [0.3, 0.4) is 0 Å². The largest absolute Gasteiger partial charge is 0.418 e. The third-order valence-electron chi connectivity index (χ3n) is 4.41. The molecule has 3 aromatic rings. The Morgan fingerprint density at radius 2 is 1.87 bits per heavy atom. The van der Waals surface area contributed by atoms with Gasteiger partial charge in [-0.05, 0) is 38.5 Å². The van der Waals surface area contributed by atoms with Crippen molar-refractivity contribution in [3.8, 4) is 5.95 Å². The Hall–Kier alpha value is -3.43. The Kier molecular flexibility index (Phi) is 5.77. The molecule has 0 aliphatic heterocycles. The van der Waals surface area contributed by atoms with Gasteiger partial charge >= 0.3 is 6.18 Å². The molecule has 1 N–H and O–H groups in total. The molecule has 158 valence electrons. The molecule has 7 nitrogen and oxygen atoms in total. The molecule has 0 fully saturated rings. The number of halogens is 3. The third-order valence-corrected chi connectivity index (χ3v) is 4.41. The van der Waals surface area contributed by atoms with Crippen molar-refractivity contribution in [2.24, 2.45) is 0 Å². The lowest BCUT2D eigenvalue weighted by Gasteiger charge is -2.16. The van der Waals surface area contributed by atoms with E-state index in [4.69, 9.17) is 0 Å². The van der Waals surface area contributed by atoms with E-state index in [2.05, 4.69) is 15.4 Å². The van der Waals surface area contributed by atoms with Crippen LogP contribution in [0.4, 0.5) is 18.9 Å². The van der Waals surface area contributed by atoms with Gasteiger partial charge in [-0.25, -0.2) is 9.67 Å². The summed E-state index contributed by atoms with van der Waals surface area (Å²) < 4.78 is 42.1. The first kappa shape index (κ1) is 21.3.